The van der Waals surface area contributed by atoms with Crippen molar-refractivity contribution in [2.45, 2.75) is 0 Å². The molecule has 1 amide bonds. The van der Waals surface area contributed by atoms with Crippen molar-refractivity contribution in [3.63, 3.8) is 0 Å². The molecule has 0 spiro atoms. The van der Waals surface area contributed by atoms with Gasteiger partial charge in [-0.15, -0.1) is 0 Å². The number of phenolic OH excluding ortho intramolecular Hbond substituents is 1. The summed E-state index contributed by atoms with van der Waals surface area (Å²) in [4.78, 5) is 12.1. The largest absolute Gasteiger partial charge is 0.504 e. The zero-order chi connectivity index (χ0) is 17.1. The van der Waals surface area contributed by atoms with E-state index < -0.39 is 5.91 Å². The van der Waals surface area contributed by atoms with Gasteiger partial charge in [-0.05, 0) is 42.5 Å². The Morgan fingerprint density at radius 3 is 2.35 bits per heavy atom. The standard InChI is InChI=1S/C14H8Cl4N2O2S/c15-7-4-10(18)12(21)11(5-7)19-14(23)20-13(22)6-1-2-8(16)9(17)3-6/h1-5,21H,(H2,19,20,22,23). The molecule has 0 bridgehead atoms. The molecule has 0 saturated heterocycles. The summed E-state index contributed by atoms with van der Waals surface area (Å²) < 4.78 is 0. The number of hydrogen-bond donors (Lipinski definition) is 3. The van der Waals surface area contributed by atoms with E-state index in [0.717, 1.165) is 0 Å². The average molecular weight is 410 g/mol. The average Bonchev–Trinajstić information content (AvgIpc) is 2.46. The summed E-state index contributed by atoms with van der Waals surface area (Å²) in [5, 5.41) is 15.8. The number of thiocarbonyl (C=S) groups is 1. The molecule has 0 radical (unpaired) electrons. The van der Waals surface area contributed by atoms with Gasteiger partial charge >= 0.3 is 0 Å². The van der Waals surface area contributed by atoms with Gasteiger partial charge in [0.2, 0.25) is 0 Å². The van der Waals surface area contributed by atoms with Gasteiger partial charge in [-0.1, -0.05) is 46.4 Å². The molecule has 9 heteroatoms. The summed E-state index contributed by atoms with van der Waals surface area (Å²) in [6.45, 7) is 0. The van der Waals surface area contributed by atoms with Crippen LogP contribution in [0.15, 0.2) is 30.3 Å². The predicted octanol–water partition coefficient (Wildman–Crippen LogP) is 5.13. The van der Waals surface area contributed by atoms with Gasteiger partial charge in [0.15, 0.2) is 10.9 Å². The van der Waals surface area contributed by atoms with Crippen LogP contribution in [0.3, 0.4) is 0 Å². The van der Waals surface area contributed by atoms with Gasteiger partial charge in [-0.25, -0.2) is 0 Å². The van der Waals surface area contributed by atoms with Gasteiger partial charge in [-0.2, -0.15) is 0 Å². The van der Waals surface area contributed by atoms with E-state index in [1.807, 2.05) is 0 Å². The lowest BCUT2D eigenvalue weighted by molar-refractivity contribution is 0.0977. The highest BCUT2D eigenvalue weighted by Crippen LogP contribution is 2.34. The number of amides is 1. The second-order valence-electron chi connectivity index (χ2n) is 4.32. The third kappa shape index (κ3) is 4.62. The van der Waals surface area contributed by atoms with E-state index >= 15 is 0 Å². The van der Waals surface area contributed by atoms with Gasteiger partial charge in [0.25, 0.3) is 5.91 Å². The zero-order valence-electron chi connectivity index (χ0n) is 11.2. The number of rotatable bonds is 2. The molecular formula is C14H8Cl4N2O2S. The van der Waals surface area contributed by atoms with Gasteiger partial charge in [0, 0.05) is 10.6 Å². The number of aromatic hydroxyl groups is 1. The van der Waals surface area contributed by atoms with E-state index in [-0.39, 0.29) is 32.2 Å². The number of carbonyl (C=O) groups is 1. The van der Waals surface area contributed by atoms with E-state index in [0.29, 0.717) is 10.0 Å². The van der Waals surface area contributed by atoms with Crippen molar-refractivity contribution in [1.29, 1.82) is 0 Å². The monoisotopic (exact) mass is 408 g/mol. The van der Waals surface area contributed by atoms with Crippen LogP contribution >= 0.6 is 58.6 Å². The number of benzene rings is 2. The van der Waals surface area contributed by atoms with Gasteiger partial charge in [-0.3, -0.25) is 10.1 Å². The Hall–Kier alpha value is -1.24. The maximum Gasteiger partial charge on any atom is 0.257 e. The van der Waals surface area contributed by atoms with Crippen molar-refractivity contribution in [3.05, 3.63) is 56.0 Å². The molecule has 2 aromatic carbocycles. The number of halogens is 4. The molecule has 2 aromatic rings. The summed E-state index contributed by atoms with van der Waals surface area (Å²) in [6.07, 6.45) is 0. The van der Waals surface area contributed by atoms with Crippen LogP contribution in [0, 0.1) is 0 Å². The number of anilines is 1. The number of nitrogens with one attached hydrogen (secondary N) is 2. The van der Waals surface area contributed by atoms with Crippen LogP contribution in [0.5, 0.6) is 5.75 Å². The molecule has 0 saturated carbocycles. The highest BCUT2D eigenvalue weighted by atomic mass is 35.5. The lowest BCUT2D eigenvalue weighted by Gasteiger charge is -2.12. The molecule has 23 heavy (non-hydrogen) atoms. The van der Waals surface area contributed by atoms with Crippen molar-refractivity contribution < 1.29 is 9.90 Å². The molecule has 120 valence electrons. The summed E-state index contributed by atoms with van der Waals surface area (Å²) in [5.74, 6) is -0.726. The Balaban J connectivity index is 2.10. The minimum absolute atomic E-state index is 0.0466. The second-order valence-corrected chi connectivity index (χ2v) is 6.39. The molecule has 0 atom stereocenters. The van der Waals surface area contributed by atoms with Crippen molar-refractivity contribution in [2.75, 3.05) is 5.32 Å². The van der Waals surface area contributed by atoms with Gasteiger partial charge < -0.3 is 10.4 Å². The third-order valence-corrected chi connectivity index (χ3v) is 4.13. The van der Waals surface area contributed by atoms with Gasteiger partial charge in [0.1, 0.15) is 0 Å². The Morgan fingerprint density at radius 2 is 1.70 bits per heavy atom. The molecule has 0 unspecified atom stereocenters. The molecule has 2 rings (SSSR count). The van der Waals surface area contributed by atoms with Crippen LogP contribution in [0.2, 0.25) is 20.1 Å². The highest BCUT2D eigenvalue weighted by molar-refractivity contribution is 7.80. The van der Waals surface area contributed by atoms with Crippen LogP contribution in [0.4, 0.5) is 5.69 Å². The fraction of sp³-hybridized carbons (Fsp3) is 0. The minimum atomic E-state index is -0.492. The van der Waals surface area contributed by atoms with Crippen LogP contribution in [0.1, 0.15) is 10.4 Å². The Bertz CT molecular complexity index is 799. The normalized spacial score (nSPS) is 10.3. The molecular weight excluding hydrogens is 402 g/mol. The minimum Gasteiger partial charge on any atom is -0.504 e. The third-order valence-electron chi connectivity index (χ3n) is 2.69. The van der Waals surface area contributed by atoms with E-state index in [4.69, 9.17) is 58.6 Å². The first kappa shape index (κ1) is 18.1. The quantitative estimate of drug-likeness (QED) is 0.475. The summed E-state index contributed by atoms with van der Waals surface area (Å²) in [5.41, 5.74) is 0.443. The first-order valence-corrected chi connectivity index (χ1v) is 7.95. The van der Waals surface area contributed by atoms with Crippen molar-refractivity contribution >= 4 is 75.3 Å². The Kier molecular flexibility index (Phi) is 5.95. The maximum atomic E-state index is 12.1. The van der Waals surface area contributed by atoms with Crippen LogP contribution < -0.4 is 10.6 Å². The molecule has 0 aliphatic rings. The number of hydrogen-bond acceptors (Lipinski definition) is 3. The van der Waals surface area contributed by atoms with Crippen LogP contribution in [-0.4, -0.2) is 16.1 Å². The summed E-state index contributed by atoms with van der Waals surface area (Å²) >= 11 is 28.3. The summed E-state index contributed by atoms with van der Waals surface area (Å²) in [7, 11) is 0. The Labute approximate surface area is 157 Å². The second kappa shape index (κ2) is 7.55. The summed E-state index contributed by atoms with van der Waals surface area (Å²) in [6, 6.07) is 7.20. The van der Waals surface area contributed by atoms with E-state index in [1.54, 1.807) is 0 Å². The zero-order valence-corrected chi connectivity index (χ0v) is 15.0. The van der Waals surface area contributed by atoms with Crippen molar-refractivity contribution in [3.8, 4) is 5.75 Å². The first-order chi connectivity index (χ1) is 10.8. The molecule has 0 heterocycles. The number of carbonyl (C=O) groups excluding carboxylic acids is 1. The van der Waals surface area contributed by atoms with E-state index in [2.05, 4.69) is 10.6 Å². The molecule has 0 aromatic heterocycles. The topological polar surface area (TPSA) is 61.4 Å². The molecule has 0 aliphatic heterocycles. The highest BCUT2D eigenvalue weighted by Gasteiger charge is 2.13. The van der Waals surface area contributed by atoms with E-state index in [1.165, 1.54) is 30.3 Å². The molecule has 0 fully saturated rings. The fourth-order valence-corrected chi connectivity index (χ4v) is 2.62. The molecule has 4 nitrogen and oxygen atoms in total. The lowest BCUT2D eigenvalue weighted by Crippen LogP contribution is -2.34. The molecule has 0 aliphatic carbocycles. The van der Waals surface area contributed by atoms with Gasteiger partial charge in [0.05, 0.1) is 20.8 Å². The number of phenols is 1. The van der Waals surface area contributed by atoms with Crippen LogP contribution in [-0.2, 0) is 0 Å². The maximum absolute atomic E-state index is 12.1. The smallest absolute Gasteiger partial charge is 0.257 e. The lowest BCUT2D eigenvalue weighted by atomic mass is 10.2. The van der Waals surface area contributed by atoms with Crippen molar-refractivity contribution in [2.24, 2.45) is 0 Å². The Morgan fingerprint density at radius 1 is 1.00 bits per heavy atom. The van der Waals surface area contributed by atoms with Crippen LogP contribution in [0.25, 0.3) is 0 Å². The fourth-order valence-electron chi connectivity index (χ4n) is 1.63. The van der Waals surface area contributed by atoms with E-state index in [9.17, 15) is 9.90 Å². The first-order valence-electron chi connectivity index (χ1n) is 6.03. The SMILES string of the molecule is O=C(NC(=S)Nc1cc(Cl)cc(Cl)c1O)c1ccc(Cl)c(Cl)c1. The van der Waals surface area contributed by atoms with Crippen molar-refractivity contribution in [1.82, 2.24) is 5.32 Å². The molecule has 3 N–H and O–H groups in total. The predicted molar refractivity (Wildman–Crippen MR) is 98.3 cm³/mol.